The highest BCUT2D eigenvalue weighted by Gasteiger charge is 2.10. The van der Waals surface area contributed by atoms with Gasteiger partial charge in [-0.25, -0.2) is 4.68 Å². The zero-order valence-electron chi connectivity index (χ0n) is 14.1. The van der Waals surface area contributed by atoms with Crippen molar-refractivity contribution in [1.82, 2.24) is 9.78 Å². The molecule has 0 aliphatic heterocycles. The van der Waals surface area contributed by atoms with Gasteiger partial charge in [0.1, 0.15) is 5.69 Å². The van der Waals surface area contributed by atoms with Crippen molar-refractivity contribution in [3.63, 3.8) is 0 Å². The first-order valence-electron chi connectivity index (χ1n) is 8.29. The third kappa shape index (κ3) is 4.43. The van der Waals surface area contributed by atoms with Crippen LogP contribution in [0, 0.1) is 0 Å². The summed E-state index contributed by atoms with van der Waals surface area (Å²) < 4.78 is 1.27. The van der Waals surface area contributed by atoms with Crippen LogP contribution >= 0.6 is 0 Å². The highest BCUT2D eigenvalue weighted by atomic mass is 16.3. The van der Waals surface area contributed by atoms with Gasteiger partial charge in [0, 0.05) is 18.4 Å². The summed E-state index contributed by atoms with van der Waals surface area (Å²) in [5.41, 5.74) is 2.44. The number of rotatable bonds is 6. The number of aliphatic hydroxyl groups excluding tert-OH is 1. The highest BCUT2D eigenvalue weighted by molar-refractivity contribution is 6.02. The van der Waals surface area contributed by atoms with Crippen molar-refractivity contribution in [3.05, 3.63) is 93.9 Å². The van der Waals surface area contributed by atoms with E-state index in [0.29, 0.717) is 18.7 Å². The second-order valence-corrected chi connectivity index (χ2v) is 5.82. The molecule has 0 atom stereocenters. The highest BCUT2D eigenvalue weighted by Crippen LogP contribution is 2.11. The molecule has 0 fully saturated rings. The van der Waals surface area contributed by atoms with E-state index < -0.39 is 0 Å². The topological polar surface area (TPSA) is 84.2 Å². The molecule has 0 spiro atoms. The number of benzene rings is 2. The van der Waals surface area contributed by atoms with E-state index in [1.807, 2.05) is 42.5 Å². The third-order valence-electron chi connectivity index (χ3n) is 3.89. The maximum Gasteiger partial charge on any atom is 0.276 e. The second kappa shape index (κ2) is 8.22. The van der Waals surface area contributed by atoms with Gasteiger partial charge in [-0.3, -0.25) is 9.59 Å². The molecule has 2 aromatic carbocycles. The first-order valence-corrected chi connectivity index (χ1v) is 8.29. The molecule has 3 rings (SSSR count). The molecule has 0 bridgehead atoms. The molecule has 6 heteroatoms. The number of nitrogens with one attached hydrogen (secondary N) is 1. The first-order chi connectivity index (χ1) is 12.7. The molecule has 1 heterocycles. The molecule has 132 valence electrons. The number of carbonyl (C=O) groups excluding carboxylic acids is 1. The lowest BCUT2D eigenvalue weighted by Gasteiger charge is -2.08. The van der Waals surface area contributed by atoms with E-state index in [4.69, 9.17) is 5.11 Å². The molecule has 1 amide bonds. The number of aromatic nitrogens is 2. The van der Waals surface area contributed by atoms with Crippen LogP contribution in [-0.2, 0) is 13.0 Å². The summed E-state index contributed by atoms with van der Waals surface area (Å²) in [7, 11) is 0. The molecule has 0 unspecified atom stereocenters. The largest absolute Gasteiger partial charge is 0.396 e. The molecule has 6 nitrogen and oxygen atoms in total. The summed E-state index contributed by atoms with van der Waals surface area (Å²) in [6, 6.07) is 19.4. The van der Waals surface area contributed by atoms with Gasteiger partial charge in [-0.1, -0.05) is 42.5 Å². The van der Waals surface area contributed by atoms with Gasteiger partial charge in [-0.05, 0) is 35.7 Å². The fourth-order valence-corrected chi connectivity index (χ4v) is 2.52. The second-order valence-electron chi connectivity index (χ2n) is 5.82. The third-order valence-corrected chi connectivity index (χ3v) is 3.89. The molecular weight excluding hydrogens is 330 g/mol. The van der Waals surface area contributed by atoms with Crippen molar-refractivity contribution in [1.29, 1.82) is 0 Å². The Morgan fingerprint density at radius 1 is 0.962 bits per heavy atom. The molecule has 2 N–H and O–H groups in total. The van der Waals surface area contributed by atoms with Crippen molar-refractivity contribution in [2.45, 2.75) is 13.0 Å². The predicted octanol–water partition coefficient (Wildman–Crippen LogP) is 2.08. The number of aliphatic hydroxyl groups is 1. The van der Waals surface area contributed by atoms with Crippen molar-refractivity contribution in [2.24, 2.45) is 0 Å². The minimum atomic E-state index is -0.387. The first kappa shape index (κ1) is 17.6. The van der Waals surface area contributed by atoms with E-state index in [0.717, 1.165) is 11.1 Å². The van der Waals surface area contributed by atoms with Crippen LogP contribution in [0.5, 0.6) is 0 Å². The van der Waals surface area contributed by atoms with Gasteiger partial charge in [0.15, 0.2) is 0 Å². The smallest absolute Gasteiger partial charge is 0.276 e. The predicted molar refractivity (Wildman–Crippen MR) is 99.2 cm³/mol. The number of anilines is 1. The number of hydrogen-bond donors (Lipinski definition) is 2. The van der Waals surface area contributed by atoms with Gasteiger partial charge in [0.2, 0.25) is 0 Å². The van der Waals surface area contributed by atoms with Gasteiger partial charge in [0.05, 0.1) is 6.54 Å². The van der Waals surface area contributed by atoms with Crippen molar-refractivity contribution in [2.75, 3.05) is 11.9 Å². The number of amides is 1. The van der Waals surface area contributed by atoms with Crippen LogP contribution in [-0.4, -0.2) is 27.4 Å². The summed E-state index contributed by atoms with van der Waals surface area (Å²) in [6.45, 7) is 0.384. The molecule has 0 saturated heterocycles. The van der Waals surface area contributed by atoms with Crippen LogP contribution in [0.3, 0.4) is 0 Å². The zero-order chi connectivity index (χ0) is 18.4. The fourth-order valence-electron chi connectivity index (χ4n) is 2.52. The molecular formula is C20H19N3O3. The molecule has 0 aliphatic carbocycles. The molecule has 1 aromatic heterocycles. The molecule has 0 saturated carbocycles. The Balaban J connectivity index is 1.75. The Hall–Kier alpha value is -3.25. The van der Waals surface area contributed by atoms with Crippen LogP contribution in [0.2, 0.25) is 0 Å². The van der Waals surface area contributed by atoms with Crippen LogP contribution in [0.25, 0.3) is 0 Å². The van der Waals surface area contributed by atoms with E-state index in [1.54, 1.807) is 12.1 Å². The Morgan fingerprint density at radius 2 is 1.69 bits per heavy atom. The lowest BCUT2D eigenvalue weighted by molar-refractivity contribution is 0.102. The van der Waals surface area contributed by atoms with Crippen molar-refractivity contribution >= 4 is 11.6 Å². The molecule has 26 heavy (non-hydrogen) atoms. The van der Waals surface area contributed by atoms with Crippen LogP contribution in [0.1, 0.15) is 21.6 Å². The molecule has 0 aliphatic rings. The van der Waals surface area contributed by atoms with Crippen LogP contribution < -0.4 is 10.9 Å². The fraction of sp³-hybridized carbons (Fsp3) is 0.150. The summed E-state index contributed by atoms with van der Waals surface area (Å²) >= 11 is 0. The standard InChI is InChI=1S/C20H19N3O3/c24-13-12-15-6-8-17(9-7-15)21-20(26)18-10-11-19(25)23(22-18)14-16-4-2-1-3-5-16/h1-11,24H,12-14H2,(H,21,26). The maximum absolute atomic E-state index is 12.4. The SMILES string of the molecule is O=C(Nc1ccc(CCO)cc1)c1ccc(=O)n(Cc2ccccc2)n1. The summed E-state index contributed by atoms with van der Waals surface area (Å²) in [5, 5.41) is 15.9. The zero-order valence-corrected chi connectivity index (χ0v) is 14.1. The quantitative estimate of drug-likeness (QED) is 0.714. The lowest BCUT2D eigenvalue weighted by Crippen LogP contribution is -2.26. The van der Waals surface area contributed by atoms with E-state index in [1.165, 1.54) is 16.8 Å². The Labute approximate surface area is 150 Å². The number of hydrogen-bond acceptors (Lipinski definition) is 4. The summed E-state index contributed by atoms with van der Waals surface area (Å²) in [5.74, 6) is -0.387. The van der Waals surface area contributed by atoms with Crippen molar-refractivity contribution < 1.29 is 9.90 Å². The van der Waals surface area contributed by atoms with Crippen LogP contribution in [0.15, 0.2) is 71.5 Å². The number of carbonyl (C=O) groups is 1. The van der Waals surface area contributed by atoms with Gasteiger partial charge < -0.3 is 10.4 Å². The van der Waals surface area contributed by atoms with Gasteiger partial charge in [-0.15, -0.1) is 0 Å². The van der Waals surface area contributed by atoms with Gasteiger partial charge in [0.25, 0.3) is 11.5 Å². The van der Waals surface area contributed by atoms with E-state index in [9.17, 15) is 9.59 Å². The average Bonchev–Trinajstić information content (AvgIpc) is 2.66. The average molecular weight is 349 g/mol. The van der Waals surface area contributed by atoms with Gasteiger partial charge in [-0.2, -0.15) is 5.10 Å². The Bertz CT molecular complexity index is 935. The Morgan fingerprint density at radius 3 is 2.38 bits per heavy atom. The van der Waals surface area contributed by atoms with E-state index in [-0.39, 0.29) is 23.8 Å². The minimum Gasteiger partial charge on any atom is -0.396 e. The minimum absolute atomic E-state index is 0.0819. The maximum atomic E-state index is 12.4. The summed E-state index contributed by atoms with van der Waals surface area (Å²) in [6.07, 6.45) is 0.570. The lowest BCUT2D eigenvalue weighted by atomic mass is 10.1. The molecule has 3 aromatic rings. The number of nitrogens with zero attached hydrogens (tertiary/aromatic N) is 2. The Kier molecular flexibility index (Phi) is 5.56. The van der Waals surface area contributed by atoms with E-state index in [2.05, 4.69) is 10.4 Å². The monoisotopic (exact) mass is 349 g/mol. The van der Waals surface area contributed by atoms with E-state index >= 15 is 0 Å². The molecule has 0 radical (unpaired) electrons. The summed E-state index contributed by atoms with van der Waals surface area (Å²) in [4.78, 5) is 24.4. The van der Waals surface area contributed by atoms with Crippen molar-refractivity contribution in [3.8, 4) is 0 Å². The van der Waals surface area contributed by atoms with Crippen LogP contribution in [0.4, 0.5) is 5.69 Å². The normalized spacial score (nSPS) is 10.5. The van der Waals surface area contributed by atoms with Gasteiger partial charge >= 0.3 is 0 Å².